The number of unbranched alkanes of at least 4 members (excludes halogenated alkanes) is 1. The number of hydrogen-bond donors (Lipinski definition) is 3. The molecule has 1 aliphatic rings. The molecule has 192 valence electrons. The molecule has 0 saturated carbocycles. The smallest absolute Gasteiger partial charge is 0.317 e. The number of likely N-dealkylation sites (tertiary alicyclic amines) is 1. The number of amides is 2. The van der Waals surface area contributed by atoms with E-state index in [4.69, 9.17) is 4.74 Å². The number of piperidine rings is 1. The van der Waals surface area contributed by atoms with E-state index in [0.29, 0.717) is 26.1 Å². The molecule has 0 radical (unpaired) electrons. The summed E-state index contributed by atoms with van der Waals surface area (Å²) in [4.78, 5) is 14.9. The van der Waals surface area contributed by atoms with E-state index in [0.717, 1.165) is 48.9 Å². The summed E-state index contributed by atoms with van der Waals surface area (Å²) in [6.45, 7) is 6.74. The van der Waals surface area contributed by atoms with Crippen LogP contribution in [0.4, 0.5) is 4.79 Å². The van der Waals surface area contributed by atoms with Gasteiger partial charge in [0.05, 0.1) is 5.60 Å². The minimum absolute atomic E-state index is 0.0445. The summed E-state index contributed by atoms with van der Waals surface area (Å²) in [5, 5.41) is 18.7. The molecule has 2 aromatic rings. The Hall–Kier alpha value is -2.41. The van der Waals surface area contributed by atoms with Crippen molar-refractivity contribution in [1.82, 2.24) is 15.5 Å². The fourth-order valence-corrected chi connectivity index (χ4v) is 5.26. The van der Waals surface area contributed by atoms with Crippen molar-refractivity contribution in [2.75, 3.05) is 40.4 Å². The molecule has 3 atom stereocenters. The molecule has 35 heavy (non-hydrogen) atoms. The second-order valence-electron chi connectivity index (χ2n) is 9.98. The number of carbonyl (C=O) groups excluding carboxylic acids is 1. The zero-order chi connectivity index (χ0) is 25.3. The number of rotatable bonds is 11. The van der Waals surface area contributed by atoms with Gasteiger partial charge in [-0.3, -0.25) is 0 Å². The first-order chi connectivity index (χ1) is 16.9. The van der Waals surface area contributed by atoms with Crippen molar-refractivity contribution in [1.29, 1.82) is 0 Å². The third-order valence-electron chi connectivity index (χ3n) is 7.18. The zero-order valence-electron chi connectivity index (χ0n) is 21.8. The number of ether oxygens (including phenoxy) is 1. The van der Waals surface area contributed by atoms with Gasteiger partial charge in [-0.1, -0.05) is 54.1 Å². The molecule has 3 rings (SSSR count). The molecule has 2 amide bonds. The number of hydrogen-bond acceptors (Lipinski definition) is 4. The summed E-state index contributed by atoms with van der Waals surface area (Å²) in [7, 11) is 3.60. The highest BCUT2D eigenvalue weighted by molar-refractivity contribution is 5.74. The van der Waals surface area contributed by atoms with E-state index in [1.807, 2.05) is 31.0 Å². The second-order valence-corrected chi connectivity index (χ2v) is 9.98. The first kappa shape index (κ1) is 27.2. The number of nitrogens with one attached hydrogen (secondary N) is 2. The van der Waals surface area contributed by atoms with Gasteiger partial charge in [0.2, 0.25) is 0 Å². The van der Waals surface area contributed by atoms with E-state index >= 15 is 0 Å². The van der Waals surface area contributed by atoms with Gasteiger partial charge >= 0.3 is 6.03 Å². The lowest BCUT2D eigenvalue weighted by molar-refractivity contribution is -0.0559. The minimum atomic E-state index is -1.04. The Morgan fingerprint density at radius 3 is 2.66 bits per heavy atom. The van der Waals surface area contributed by atoms with Crippen LogP contribution in [0.25, 0.3) is 11.1 Å². The molecule has 1 saturated heterocycles. The van der Waals surface area contributed by atoms with Gasteiger partial charge in [0.15, 0.2) is 0 Å². The number of benzene rings is 2. The molecule has 2 aromatic carbocycles. The van der Waals surface area contributed by atoms with E-state index < -0.39 is 5.60 Å². The van der Waals surface area contributed by atoms with E-state index in [1.54, 1.807) is 7.11 Å². The summed E-state index contributed by atoms with van der Waals surface area (Å²) < 4.78 is 5.27. The van der Waals surface area contributed by atoms with Crippen molar-refractivity contribution in [3.05, 3.63) is 59.7 Å². The molecule has 3 N–H and O–H groups in total. The summed E-state index contributed by atoms with van der Waals surface area (Å²) in [6.07, 6.45) is 4.15. The lowest BCUT2D eigenvalue weighted by atomic mass is 9.72. The minimum Gasteiger partial charge on any atom is -0.385 e. The highest BCUT2D eigenvalue weighted by Gasteiger charge is 2.42. The summed E-state index contributed by atoms with van der Waals surface area (Å²) in [6, 6.07) is 16.7. The molecule has 6 heteroatoms. The summed E-state index contributed by atoms with van der Waals surface area (Å²) >= 11 is 0. The maximum absolute atomic E-state index is 13.0. The molecule has 0 aliphatic carbocycles. The van der Waals surface area contributed by atoms with Crippen molar-refractivity contribution in [2.24, 2.45) is 5.92 Å². The summed E-state index contributed by atoms with van der Waals surface area (Å²) in [5.74, 6) is -0.0456. The Morgan fingerprint density at radius 2 is 1.94 bits per heavy atom. The van der Waals surface area contributed by atoms with Crippen molar-refractivity contribution in [3.8, 4) is 11.1 Å². The number of urea groups is 1. The van der Waals surface area contributed by atoms with Crippen LogP contribution >= 0.6 is 0 Å². The van der Waals surface area contributed by atoms with Gasteiger partial charge in [0.25, 0.3) is 0 Å². The lowest BCUT2D eigenvalue weighted by Gasteiger charge is -2.43. The molecule has 6 nitrogen and oxygen atoms in total. The number of aryl methyl sites for hydroxylation is 1. The number of nitrogens with zero attached hydrogens (tertiary/aromatic N) is 1. The van der Waals surface area contributed by atoms with Crippen molar-refractivity contribution in [3.63, 3.8) is 0 Å². The lowest BCUT2D eigenvalue weighted by Crippen LogP contribution is -2.53. The predicted molar refractivity (Wildman–Crippen MR) is 142 cm³/mol. The molecular formula is C29H43N3O3. The molecule has 0 aromatic heterocycles. The van der Waals surface area contributed by atoms with E-state index in [9.17, 15) is 9.90 Å². The maximum atomic E-state index is 13.0. The van der Waals surface area contributed by atoms with Gasteiger partial charge in [-0.05, 0) is 69.7 Å². The molecule has 1 aliphatic heterocycles. The highest BCUT2D eigenvalue weighted by atomic mass is 16.5. The maximum Gasteiger partial charge on any atom is 0.317 e. The van der Waals surface area contributed by atoms with Gasteiger partial charge < -0.3 is 25.4 Å². The van der Waals surface area contributed by atoms with Crippen LogP contribution in [0.15, 0.2) is 48.5 Å². The van der Waals surface area contributed by atoms with Crippen molar-refractivity contribution in [2.45, 2.75) is 57.6 Å². The standard InChI is InChI=1S/C29H43N3O3/c1-22-13-15-24(16-14-22)26-11-5-6-12-27(26)29(34,17-7-8-19-35-4)25-10-9-18-32(21-25)28(33)31-23(2)20-30-3/h5-6,11-16,23,25,30,34H,7-10,17-21H2,1-4H3,(H,31,33). The van der Waals surface area contributed by atoms with Crippen LogP contribution in [0.2, 0.25) is 0 Å². The Kier molecular flexibility index (Phi) is 10.1. The Balaban J connectivity index is 1.91. The SMILES string of the molecule is CNCC(C)NC(=O)N1CCCC(C(O)(CCCCOC)c2ccccc2-c2ccc(C)cc2)C1. The topological polar surface area (TPSA) is 73.8 Å². The van der Waals surface area contributed by atoms with Gasteiger partial charge in [-0.25, -0.2) is 4.79 Å². The average molecular weight is 482 g/mol. The molecule has 0 bridgehead atoms. The fourth-order valence-electron chi connectivity index (χ4n) is 5.26. The van der Waals surface area contributed by atoms with Gasteiger partial charge in [0.1, 0.15) is 0 Å². The number of likely N-dealkylation sites (N-methyl/N-ethyl adjacent to an activating group) is 1. The Bertz CT molecular complexity index is 933. The summed E-state index contributed by atoms with van der Waals surface area (Å²) in [5.41, 5.74) is 3.29. The van der Waals surface area contributed by atoms with Crippen LogP contribution in [-0.2, 0) is 10.3 Å². The van der Waals surface area contributed by atoms with Gasteiger partial charge in [-0.2, -0.15) is 0 Å². The number of methoxy groups -OCH3 is 1. The van der Waals surface area contributed by atoms with E-state index in [1.165, 1.54) is 5.56 Å². The van der Waals surface area contributed by atoms with E-state index in [2.05, 4.69) is 54.0 Å². The van der Waals surface area contributed by atoms with Gasteiger partial charge in [-0.15, -0.1) is 0 Å². The fraction of sp³-hybridized carbons (Fsp3) is 0.552. The van der Waals surface area contributed by atoms with Crippen molar-refractivity contribution < 1.29 is 14.6 Å². The first-order valence-corrected chi connectivity index (χ1v) is 13.0. The molecule has 3 unspecified atom stereocenters. The van der Waals surface area contributed by atoms with Crippen LogP contribution in [0.1, 0.15) is 50.2 Å². The number of aliphatic hydroxyl groups is 1. The Morgan fingerprint density at radius 1 is 1.20 bits per heavy atom. The van der Waals surface area contributed by atoms with Crippen LogP contribution in [0.3, 0.4) is 0 Å². The van der Waals surface area contributed by atoms with Crippen LogP contribution < -0.4 is 10.6 Å². The second kappa shape index (κ2) is 13.1. The highest BCUT2D eigenvalue weighted by Crippen LogP contribution is 2.43. The van der Waals surface area contributed by atoms with Crippen LogP contribution in [0, 0.1) is 12.8 Å². The number of carbonyl (C=O) groups is 1. The normalized spacial score (nSPS) is 18.7. The van der Waals surface area contributed by atoms with E-state index in [-0.39, 0.29) is 18.0 Å². The monoisotopic (exact) mass is 481 g/mol. The average Bonchev–Trinajstić information content (AvgIpc) is 2.87. The molecule has 1 heterocycles. The third kappa shape index (κ3) is 7.06. The molecule has 0 spiro atoms. The third-order valence-corrected chi connectivity index (χ3v) is 7.18. The largest absolute Gasteiger partial charge is 0.385 e. The van der Waals surface area contributed by atoms with Crippen LogP contribution in [0.5, 0.6) is 0 Å². The Labute approximate surface area is 211 Å². The first-order valence-electron chi connectivity index (χ1n) is 13.0. The van der Waals surface area contributed by atoms with Crippen molar-refractivity contribution >= 4 is 6.03 Å². The van der Waals surface area contributed by atoms with Crippen LogP contribution in [-0.4, -0.2) is 62.5 Å². The molecular weight excluding hydrogens is 438 g/mol. The van der Waals surface area contributed by atoms with Gasteiger partial charge in [0, 0.05) is 45.3 Å². The predicted octanol–water partition coefficient (Wildman–Crippen LogP) is 4.70. The quantitative estimate of drug-likeness (QED) is 0.407. The zero-order valence-corrected chi connectivity index (χ0v) is 21.8. The molecule has 1 fully saturated rings.